The Balaban J connectivity index is 2.68. The van der Waals surface area contributed by atoms with E-state index in [1.165, 1.54) is 0 Å². The summed E-state index contributed by atoms with van der Waals surface area (Å²) in [7, 11) is 1.66. The lowest BCUT2D eigenvalue weighted by molar-refractivity contribution is 0.210. The predicted molar refractivity (Wildman–Crippen MR) is 59.9 cm³/mol. The SMILES string of the molecule is CCc1cc(CO)cc(NCCOC)n1. The van der Waals surface area contributed by atoms with Crippen LogP contribution in [0.3, 0.4) is 0 Å². The van der Waals surface area contributed by atoms with Gasteiger partial charge in [0.05, 0.1) is 13.2 Å². The minimum atomic E-state index is 0.0501. The molecule has 0 aliphatic carbocycles. The zero-order chi connectivity index (χ0) is 11.1. The first kappa shape index (κ1) is 11.9. The molecule has 0 unspecified atom stereocenters. The third kappa shape index (κ3) is 3.85. The quantitative estimate of drug-likeness (QED) is 0.693. The molecular weight excluding hydrogens is 192 g/mol. The first-order valence-electron chi connectivity index (χ1n) is 5.13. The lowest BCUT2D eigenvalue weighted by atomic mass is 10.2. The molecule has 0 aliphatic rings. The van der Waals surface area contributed by atoms with Crippen LogP contribution in [0, 0.1) is 0 Å². The fraction of sp³-hybridized carbons (Fsp3) is 0.545. The molecule has 0 spiro atoms. The highest BCUT2D eigenvalue weighted by Crippen LogP contribution is 2.10. The standard InChI is InChI=1S/C11H18N2O2/c1-3-10-6-9(8-14)7-11(13-10)12-4-5-15-2/h6-7,14H,3-5,8H2,1-2H3,(H,12,13). The van der Waals surface area contributed by atoms with Gasteiger partial charge in [0.25, 0.3) is 0 Å². The number of pyridine rings is 1. The van der Waals surface area contributed by atoms with Gasteiger partial charge in [0.15, 0.2) is 0 Å². The van der Waals surface area contributed by atoms with Gasteiger partial charge < -0.3 is 15.2 Å². The number of anilines is 1. The zero-order valence-electron chi connectivity index (χ0n) is 9.29. The first-order chi connectivity index (χ1) is 7.30. The van der Waals surface area contributed by atoms with Crippen molar-refractivity contribution in [3.8, 4) is 0 Å². The average molecular weight is 210 g/mol. The molecule has 0 saturated heterocycles. The molecule has 0 aliphatic heterocycles. The van der Waals surface area contributed by atoms with Crippen LogP contribution in [0.2, 0.25) is 0 Å². The monoisotopic (exact) mass is 210 g/mol. The fourth-order valence-corrected chi connectivity index (χ4v) is 1.29. The second-order valence-electron chi connectivity index (χ2n) is 3.28. The molecule has 15 heavy (non-hydrogen) atoms. The number of ether oxygens (including phenoxy) is 1. The minimum Gasteiger partial charge on any atom is -0.392 e. The van der Waals surface area contributed by atoms with Crippen molar-refractivity contribution in [2.45, 2.75) is 20.0 Å². The second kappa shape index (κ2) is 6.37. The normalized spacial score (nSPS) is 10.3. The van der Waals surface area contributed by atoms with E-state index >= 15 is 0 Å². The van der Waals surface area contributed by atoms with E-state index in [2.05, 4.69) is 10.3 Å². The summed E-state index contributed by atoms with van der Waals surface area (Å²) in [6.07, 6.45) is 0.868. The summed E-state index contributed by atoms with van der Waals surface area (Å²) < 4.78 is 4.94. The molecular formula is C11H18N2O2. The first-order valence-corrected chi connectivity index (χ1v) is 5.13. The number of hydrogen-bond acceptors (Lipinski definition) is 4. The average Bonchev–Trinajstić information content (AvgIpc) is 2.29. The van der Waals surface area contributed by atoms with Gasteiger partial charge in [-0.3, -0.25) is 0 Å². The number of hydrogen-bond donors (Lipinski definition) is 2. The smallest absolute Gasteiger partial charge is 0.126 e. The summed E-state index contributed by atoms with van der Waals surface area (Å²) in [6, 6.07) is 3.77. The lowest BCUT2D eigenvalue weighted by Crippen LogP contribution is -2.10. The third-order valence-electron chi connectivity index (χ3n) is 2.10. The highest BCUT2D eigenvalue weighted by Gasteiger charge is 2.00. The summed E-state index contributed by atoms with van der Waals surface area (Å²) in [5.41, 5.74) is 1.88. The van der Waals surface area contributed by atoms with Crippen LogP contribution in [0.5, 0.6) is 0 Å². The van der Waals surface area contributed by atoms with E-state index in [1.54, 1.807) is 7.11 Å². The summed E-state index contributed by atoms with van der Waals surface area (Å²) in [5, 5.41) is 12.2. The van der Waals surface area contributed by atoms with Gasteiger partial charge in [0.1, 0.15) is 5.82 Å². The molecule has 1 aromatic rings. The number of aliphatic hydroxyl groups is 1. The molecule has 0 amide bonds. The van der Waals surface area contributed by atoms with Crippen molar-refractivity contribution in [2.75, 3.05) is 25.6 Å². The van der Waals surface area contributed by atoms with Crippen LogP contribution in [0.1, 0.15) is 18.2 Å². The highest BCUT2D eigenvalue weighted by molar-refractivity contribution is 5.39. The minimum absolute atomic E-state index is 0.0501. The molecule has 1 heterocycles. The molecule has 84 valence electrons. The van der Waals surface area contributed by atoms with Crippen molar-refractivity contribution < 1.29 is 9.84 Å². The van der Waals surface area contributed by atoms with Crippen LogP contribution in [-0.4, -0.2) is 30.4 Å². The van der Waals surface area contributed by atoms with E-state index in [0.717, 1.165) is 30.0 Å². The number of rotatable bonds is 6. The molecule has 0 fully saturated rings. The van der Waals surface area contributed by atoms with Gasteiger partial charge in [0.2, 0.25) is 0 Å². The third-order valence-corrected chi connectivity index (χ3v) is 2.10. The Bertz CT molecular complexity index is 280. The Hall–Kier alpha value is -1.13. The van der Waals surface area contributed by atoms with E-state index in [4.69, 9.17) is 9.84 Å². The molecule has 0 atom stereocenters. The van der Waals surface area contributed by atoms with Crippen molar-refractivity contribution in [3.63, 3.8) is 0 Å². The molecule has 0 radical (unpaired) electrons. The van der Waals surface area contributed by atoms with Crippen molar-refractivity contribution in [1.29, 1.82) is 0 Å². The second-order valence-corrected chi connectivity index (χ2v) is 3.28. The maximum absolute atomic E-state index is 9.07. The lowest BCUT2D eigenvalue weighted by Gasteiger charge is -2.08. The van der Waals surface area contributed by atoms with Crippen molar-refractivity contribution >= 4 is 5.82 Å². The number of nitrogens with zero attached hydrogens (tertiary/aromatic N) is 1. The van der Waals surface area contributed by atoms with Crippen molar-refractivity contribution in [3.05, 3.63) is 23.4 Å². The molecule has 2 N–H and O–H groups in total. The van der Waals surface area contributed by atoms with Crippen molar-refractivity contribution in [2.24, 2.45) is 0 Å². The number of aliphatic hydroxyl groups excluding tert-OH is 1. The van der Waals surface area contributed by atoms with Crippen LogP contribution in [0.25, 0.3) is 0 Å². The topological polar surface area (TPSA) is 54.4 Å². The van der Waals surface area contributed by atoms with Gasteiger partial charge in [0, 0.05) is 19.3 Å². The van der Waals surface area contributed by atoms with Crippen LogP contribution in [0.4, 0.5) is 5.82 Å². The van der Waals surface area contributed by atoms with Crippen LogP contribution < -0.4 is 5.32 Å². The van der Waals surface area contributed by atoms with Gasteiger partial charge in [-0.05, 0) is 24.1 Å². The zero-order valence-corrected chi connectivity index (χ0v) is 9.29. The summed E-state index contributed by atoms with van der Waals surface area (Å²) in [4.78, 5) is 4.39. The van der Waals surface area contributed by atoms with Gasteiger partial charge in [-0.25, -0.2) is 4.98 Å². The van der Waals surface area contributed by atoms with E-state index in [9.17, 15) is 0 Å². The number of methoxy groups -OCH3 is 1. The molecule has 1 rings (SSSR count). The van der Waals surface area contributed by atoms with Gasteiger partial charge >= 0.3 is 0 Å². The Labute approximate surface area is 90.3 Å². The van der Waals surface area contributed by atoms with Gasteiger partial charge in [-0.15, -0.1) is 0 Å². The Morgan fingerprint density at radius 3 is 2.87 bits per heavy atom. The molecule has 1 aromatic heterocycles. The number of aromatic nitrogens is 1. The van der Waals surface area contributed by atoms with E-state index < -0.39 is 0 Å². The van der Waals surface area contributed by atoms with Gasteiger partial charge in [-0.1, -0.05) is 6.92 Å². The largest absolute Gasteiger partial charge is 0.392 e. The molecule has 0 saturated carbocycles. The Morgan fingerprint density at radius 1 is 1.47 bits per heavy atom. The Morgan fingerprint density at radius 2 is 2.27 bits per heavy atom. The molecule has 4 nitrogen and oxygen atoms in total. The number of aryl methyl sites for hydroxylation is 1. The number of nitrogens with one attached hydrogen (secondary N) is 1. The van der Waals surface area contributed by atoms with E-state index in [-0.39, 0.29) is 6.61 Å². The maximum Gasteiger partial charge on any atom is 0.126 e. The maximum atomic E-state index is 9.07. The van der Waals surface area contributed by atoms with E-state index in [1.807, 2.05) is 19.1 Å². The molecule has 0 bridgehead atoms. The van der Waals surface area contributed by atoms with Crippen LogP contribution in [0.15, 0.2) is 12.1 Å². The molecule has 4 heteroatoms. The Kier molecular flexibility index (Phi) is 5.07. The summed E-state index contributed by atoms with van der Waals surface area (Å²) in [6.45, 7) is 3.46. The summed E-state index contributed by atoms with van der Waals surface area (Å²) >= 11 is 0. The van der Waals surface area contributed by atoms with E-state index in [0.29, 0.717) is 6.61 Å². The summed E-state index contributed by atoms with van der Waals surface area (Å²) in [5.74, 6) is 0.801. The molecule has 0 aromatic carbocycles. The van der Waals surface area contributed by atoms with Crippen LogP contribution in [-0.2, 0) is 17.8 Å². The highest BCUT2D eigenvalue weighted by atomic mass is 16.5. The van der Waals surface area contributed by atoms with Crippen molar-refractivity contribution in [1.82, 2.24) is 4.98 Å². The van der Waals surface area contributed by atoms with Gasteiger partial charge in [-0.2, -0.15) is 0 Å². The predicted octanol–water partition coefficient (Wildman–Crippen LogP) is 1.19. The fourth-order valence-electron chi connectivity index (χ4n) is 1.29. The van der Waals surface area contributed by atoms with Crippen LogP contribution >= 0.6 is 0 Å².